The predicted molar refractivity (Wildman–Crippen MR) is 97.4 cm³/mol. The molecule has 2 aromatic rings. The van der Waals surface area contributed by atoms with E-state index in [0.29, 0.717) is 18.0 Å². The van der Waals surface area contributed by atoms with Gasteiger partial charge in [0.25, 0.3) is 5.69 Å². The lowest BCUT2D eigenvalue weighted by Crippen LogP contribution is -2.32. The highest BCUT2D eigenvalue weighted by atomic mass is 35.5. The first-order valence-electron chi connectivity index (χ1n) is 7.75. The minimum Gasteiger partial charge on any atom is -0.492 e. The zero-order valence-corrected chi connectivity index (χ0v) is 14.8. The molecule has 0 radical (unpaired) electrons. The third-order valence-electron chi connectivity index (χ3n) is 3.43. The van der Waals surface area contributed by atoms with E-state index >= 15 is 0 Å². The molecule has 26 heavy (non-hydrogen) atoms. The fraction of sp³-hybridized carbons (Fsp3) is 0.235. The second-order valence-corrected chi connectivity index (χ2v) is 5.76. The molecule has 7 nitrogen and oxygen atoms in total. The molecule has 0 saturated heterocycles. The summed E-state index contributed by atoms with van der Waals surface area (Å²) in [4.78, 5) is 22.5. The standard InChI is InChI=1S/C17H17ClFN3O4/c1-3-26-16-8-11(19)4-6-15(16)20-10(2)17(23)21-14-7-5-12(22(24)25)9-13(14)18/h4-10,20H,3H2,1-2H3,(H,21,23). The Morgan fingerprint density at radius 3 is 2.62 bits per heavy atom. The number of hydrogen-bond donors (Lipinski definition) is 2. The highest BCUT2D eigenvalue weighted by Gasteiger charge is 2.18. The smallest absolute Gasteiger partial charge is 0.271 e. The molecule has 1 amide bonds. The molecule has 1 unspecified atom stereocenters. The van der Waals surface area contributed by atoms with Gasteiger partial charge in [0.1, 0.15) is 17.6 Å². The number of non-ortho nitro benzene ring substituents is 1. The van der Waals surface area contributed by atoms with Gasteiger partial charge >= 0.3 is 0 Å². The van der Waals surface area contributed by atoms with Gasteiger partial charge in [0.15, 0.2) is 0 Å². The van der Waals surface area contributed by atoms with Crippen LogP contribution in [0.2, 0.25) is 5.02 Å². The van der Waals surface area contributed by atoms with Gasteiger partial charge in [-0.1, -0.05) is 11.6 Å². The number of nitrogens with one attached hydrogen (secondary N) is 2. The maximum atomic E-state index is 13.3. The van der Waals surface area contributed by atoms with Gasteiger partial charge in [-0.3, -0.25) is 14.9 Å². The van der Waals surface area contributed by atoms with Crippen molar-refractivity contribution in [2.45, 2.75) is 19.9 Å². The molecule has 0 heterocycles. The van der Waals surface area contributed by atoms with Crippen LogP contribution >= 0.6 is 11.6 Å². The second kappa shape index (κ2) is 8.48. The van der Waals surface area contributed by atoms with Crippen LogP contribution in [0.1, 0.15) is 13.8 Å². The topological polar surface area (TPSA) is 93.5 Å². The summed E-state index contributed by atoms with van der Waals surface area (Å²) in [5, 5.41) is 16.3. The maximum Gasteiger partial charge on any atom is 0.271 e. The number of carbonyl (C=O) groups excluding carboxylic acids is 1. The zero-order chi connectivity index (χ0) is 19.3. The van der Waals surface area contributed by atoms with Gasteiger partial charge in [0.05, 0.1) is 27.9 Å². The van der Waals surface area contributed by atoms with Crippen LogP contribution in [-0.2, 0) is 4.79 Å². The number of amides is 1. The van der Waals surface area contributed by atoms with Crippen molar-refractivity contribution >= 4 is 34.6 Å². The van der Waals surface area contributed by atoms with E-state index in [2.05, 4.69) is 10.6 Å². The summed E-state index contributed by atoms with van der Waals surface area (Å²) >= 11 is 5.97. The van der Waals surface area contributed by atoms with Crippen LogP contribution in [0.15, 0.2) is 36.4 Å². The molecular formula is C17H17ClFN3O4. The lowest BCUT2D eigenvalue weighted by atomic mass is 10.2. The van der Waals surface area contributed by atoms with Gasteiger partial charge in [0.2, 0.25) is 5.91 Å². The van der Waals surface area contributed by atoms with Crippen LogP contribution in [0.4, 0.5) is 21.5 Å². The van der Waals surface area contributed by atoms with Crippen LogP contribution in [-0.4, -0.2) is 23.5 Å². The number of nitro groups is 1. The number of nitro benzene ring substituents is 1. The Balaban J connectivity index is 2.10. The van der Waals surface area contributed by atoms with E-state index in [9.17, 15) is 19.3 Å². The number of carbonyl (C=O) groups is 1. The first kappa shape index (κ1) is 19.5. The van der Waals surface area contributed by atoms with E-state index < -0.39 is 22.7 Å². The Hall–Kier alpha value is -2.87. The fourth-order valence-electron chi connectivity index (χ4n) is 2.15. The summed E-state index contributed by atoms with van der Waals surface area (Å²) in [6.07, 6.45) is 0. The van der Waals surface area contributed by atoms with E-state index in [1.807, 2.05) is 0 Å². The maximum absolute atomic E-state index is 13.3. The normalized spacial score (nSPS) is 11.5. The van der Waals surface area contributed by atoms with Gasteiger partial charge in [-0.25, -0.2) is 4.39 Å². The van der Waals surface area contributed by atoms with E-state index in [0.717, 1.165) is 6.07 Å². The molecule has 2 N–H and O–H groups in total. The molecule has 2 rings (SSSR count). The molecule has 1 atom stereocenters. The van der Waals surface area contributed by atoms with Crippen molar-refractivity contribution in [3.8, 4) is 5.75 Å². The van der Waals surface area contributed by atoms with Gasteiger partial charge in [-0.05, 0) is 32.0 Å². The molecule has 0 saturated carbocycles. The van der Waals surface area contributed by atoms with Crippen molar-refractivity contribution in [1.82, 2.24) is 0 Å². The minimum absolute atomic E-state index is 0.0523. The monoisotopic (exact) mass is 381 g/mol. The van der Waals surface area contributed by atoms with Crippen LogP contribution in [0.25, 0.3) is 0 Å². The third-order valence-corrected chi connectivity index (χ3v) is 3.74. The van der Waals surface area contributed by atoms with E-state index in [4.69, 9.17) is 16.3 Å². The van der Waals surface area contributed by atoms with Crippen LogP contribution in [0.5, 0.6) is 5.75 Å². The molecule has 0 aliphatic heterocycles. The Morgan fingerprint density at radius 1 is 1.31 bits per heavy atom. The molecule has 0 aromatic heterocycles. The fourth-order valence-corrected chi connectivity index (χ4v) is 2.37. The Kier molecular flexibility index (Phi) is 6.35. The number of rotatable bonds is 7. The zero-order valence-electron chi connectivity index (χ0n) is 14.1. The Bertz CT molecular complexity index is 832. The Morgan fingerprint density at radius 2 is 2.00 bits per heavy atom. The number of ether oxygens (including phenoxy) is 1. The molecule has 0 aliphatic rings. The van der Waals surface area contributed by atoms with Crippen molar-refractivity contribution in [3.63, 3.8) is 0 Å². The number of nitrogens with zero attached hydrogens (tertiary/aromatic N) is 1. The predicted octanol–water partition coefficient (Wildman–Crippen LogP) is 4.23. The first-order valence-corrected chi connectivity index (χ1v) is 8.13. The molecule has 0 fully saturated rings. The molecule has 9 heteroatoms. The summed E-state index contributed by atoms with van der Waals surface area (Å²) in [5.41, 5.74) is 0.539. The molecule has 0 spiro atoms. The van der Waals surface area contributed by atoms with Crippen molar-refractivity contribution < 1.29 is 18.8 Å². The number of benzene rings is 2. The third kappa shape index (κ3) is 4.82. The van der Waals surface area contributed by atoms with E-state index in [-0.39, 0.29) is 16.4 Å². The van der Waals surface area contributed by atoms with Crippen molar-refractivity contribution in [2.75, 3.05) is 17.2 Å². The lowest BCUT2D eigenvalue weighted by Gasteiger charge is -2.18. The molecule has 2 aromatic carbocycles. The summed E-state index contributed by atoms with van der Waals surface area (Å²) in [5.74, 6) is -0.582. The van der Waals surface area contributed by atoms with E-state index in [1.165, 1.54) is 30.3 Å². The van der Waals surface area contributed by atoms with Gasteiger partial charge < -0.3 is 15.4 Å². The van der Waals surface area contributed by atoms with E-state index in [1.54, 1.807) is 13.8 Å². The molecule has 138 valence electrons. The van der Waals surface area contributed by atoms with Gasteiger partial charge in [-0.2, -0.15) is 0 Å². The molecular weight excluding hydrogens is 365 g/mol. The average molecular weight is 382 g/mol. The molecule has 0 aliphatic carbocycles. The van der Waals surface area contributed by atoms with Crippen LogP contribution < -0.4 is 15.4 Å². The minimum atomic E-state index is -0.703. The summed E-state index contributed by atoms with van der Waals surface area (Å²) in [7, 11) is 0. The van der Waals surface area contributed by atoms with Crippen LogP contribution in [0.3, 0.4) is 0 Å². The van der Waals surface area contributed by atoms with Gasteiger partial charge in [-0.15, -0.1) is 0 Å². The summed E-state index contributed by atoms with van der Waals surface area (Å²) < 4.78 is 18.7. The second-order valence-electron chi connectivity index (χ2n) is 5.35. The number of halogens is 2. The van der Waals surface area contributed by atoms with Crippen molar-refractivity contribution in [2.24, 2.45) is 0 Å². The SMILES string of the molecule is CCOc1cc(F)ccc1NC(C)C(=O)Nc1ccc([N+](=O)[O-])cc1Cl. The highest BCUT2D eigenvalue weighted by molar-refractivity contribution is 6.34. The van der Waals surface area contributed by atoms with Crippen molar-refractivity contribution in [1.29, 1.82) is 0 Å². The highest BCUT2D eigenvalue weighted by Crippen LogP contribution is 2.28. The summed E-state index contributed by atoms with van der Waals surface area (Å²) in [6.45, 7) is 3.71. The average Bonchev–Trinajstić information content (AvgIpc) is 2.59. The first-order chi connectivity index (χ1) is 12.3. The number of anilines is 2. The Labute approximate surface area is 154 Å². The lowest BCUT2D eigenvalue weighted by molar-refractivity contribution is -0.384. The largest absolute Gasteiger partial charge is 0.492 e. The quantitative estimate of drug-likeness (QED) is 0.553. The molecule has 0 bridgehead atoms. The number of hydrogen-bond acceptors (Lipinski definition) is 5. The summed E-state index contributed by atoms with van der Waals surface area (Å²) in [6, 6.07) is 7.00. The van der Waals surface area contributed by atoms with Gasteiger partial charge in [0, 0.05) is 18.2 Å². The van der Waals surface area contributed by atoms with Crippen LogP contribution in [0, 0.1) is 15.9 Å². The van der Waals surface area contributed by atoms with Crippen molar-refractivity contribution in [3.05, 3.63) is 57.4 Å².